The fourth-order valence-corrected chi connectivity index (χ4v) is 3.10. The smallest absolute Gasteiger partial charge is 0.242 e. The Morgan fingerprint density at radius 1 is 1.16 bits per heavy atom. The Morgan fingerprint density at radius 2 is 1.88 bits per heavy atom. The first-order chi connectivity index (χ1) is 12.1. The number of pyridine rings is 1. The van der Waals surface area contributed by atoms with Crippen LogP contribution < -0.4 is 11.1 Å². The van der Waals surface area contributed by atoms with Crippen LogP contribution in [0.5, 0.6) is 0 Å². The number of nitrogens with zero attached hydrogens (tertiary/aromatic N) is 1. The summed E-state index contributed by atoms with van der Waals surface area (Å²) in [5.41, 5.74) is 8.50. The van der Waals surface area contributed by atoms with E-state index in [1.165, 1.54) is 31.2 Å². The Bertz CT molecular complexity index is 797. The Kier molecular flexibility index (Phi) is 5.47. The largest absolute Gasteiger partial charge is 0.320 e. The molecule has 1 aliphatic carbocycles. The zero-order valence-corrected chi connectivity index (χ0v) is 14.5. The molecule has 1 aromatic heterocycles. The molecule has 1 unspecified atom stereocenters. The van der Waals surface area contributed by atoms with Crippen LogP contribution in [-0.4, -0.2) is 16.9 Å². The van der Waals surface area contributed by atoms with E-state index in [9.17, 15) is 4.79 Å². The van der Waals surface area contributed by atoms with Gasteiger partial charge >= 0.3 is 0 Å². The van der Waals surface area contributed by atoms with Crippen molar-refractivity contribution < 1.29 is 4.79 Å². The number of carbonyl (C=O) groups is 1. The zero-order valence-electron chi connectivity index (χ0n) is 14.5. The standard InChI is InChI=1S/C21H23N3O/c1-15(22)21(25)24-20-14-12-18(17-9-5-6-10-17)19(23-20)13-11-16-7-3-2-4-8-16/h2-4,7-8,12,14-15,17H,5-6,9-10,22H2,1H3,(H,23,24,25). The third-order valence-corrected chi connectivity index (χ3v) is 4.49. The van der Waals surface area contributed by atoms with Crippen molar-refractivity contribution in [2.75, 3.05) is 5.32 Å². The minimum absolute atomic E-state index is 0.247. The van der Waals surface area contributed by atoms with Crippen molar-refractivity contribution in [1.29, 1.82) is 0 Å². The van der Waals surface area contributed by atoms with Crippen molar-refractivity contribution >= 4 is 11.7 Å². The van der Waals surface area contributed by atoms with E-state index in [2.05, 4.69) is 28.2 Å². The molecule has 128 valence electrons. The van der Waals surface area contributed by atoms with Crippen LogP contribution in [0.25, 0.3) is 0 Å². The molecule has 0 radical (unpaired) electrons. The number of benzene rings is 1. The fraction of sp³-hybridized carbons (Fsp3) is 0.333. The first kappa shape index (κ1) is 17.2. The molecule has 0 spiro atoms. The van der Waals surface area contributed by atoms with Gasteiger partial charge in [0.25, 0.3) is 0 Å². The zero-order chi connectivity index (χ0) is 17.6. The molecule has 1 amide bonds. The molecule has 3 N–H and O–H groups in total. The van der Waals surface area contributed by atoms with E-state index < -0.39 is 6.04 Å². The summed E-state index contributed by atoms with van der Waals surface area (Å²) in [5.74, 6) is 7.14. The lowest BCUT2D eigenvalue weighted by atomic mass is 9.96. The van der Waals surface area contributed by atoms with Gasteiger partial charge in [-0.15, -0.1) is 0 Å². The maximum Gasteiger partial charge on any atom is 0.242 e. The molecule has 1 aromatic carbocycles. The van der Waals surface area contributed by atoms with E-state index in [1.54, 1.807) is 6.92 Å². The first-order valence-corrected chi connectivity index (χ1v) is 8.78. The number of aromatic nitrogens is 1. The van der Waals surface area contributed by atoms with E-state index in [0.29, 0.717) is 11.7 Å². The molecule has 1 aliphatic rings. The highest BCUT2D eigenvalue weighted by Gasteiger charge is 2.21. The lowest BCUT2D eigenvalue weighted by Gasteiger charge is -2.13. The molecule has 1 atom stereocenters. The second kappa shape index (κ2) is 7.96. The summed E-state index contributed by atoms with van der Waals surface area (Å²) in [6.07, 6.45) is 4.85. The van der Waals surface area contributed by atoms with Crippen LogP contribution >= 0.6 is 0 Å². The molecule has 0 aliphatic heterocycles. The second-order valence-electron chi connectivity index (χ2n) is 6.51. The maximum atomic E-state index is 11.8. The van der Waals surface area contributed by atoms with Gasteiger partial charge in [0.2, 0.25) is 5.91 Å². The Morgan fingerprint density at radius 3 is 2.56 bits per heavy atom. The third kappa shape index (κ3) is 4.46. The lowest BCUT2D eigenvalue weighted by Crippen LogP contribution is -2.32. The van der Waals surface area contributed by atoms with Crippen molar-refractivity contribution in [3.8, 4) is 11.8 Å². The lowest BCUT2D eigenvalue weighted by molar-refractivity contribution is -0.117. The normalized spacial score (nSPS) is 15.3. The summed E-state index contributed by atoms with van der Waals surface area (Å²) in [7, 11) is 0. The number of carbonyl (C=O) groups excluding carboxylic acids is 1. The molecule has 25 heavy (non-hydrogen) atoms. The quantitative estimate of drug-likeness (QED) is 0.846. The van der Waals surface area contributed by atoms with Crippen molar-refractivity contribution in [2.24, 2.45) is 5.73 Å². The number of hydrogen-bond donors (Lipinski definition) is 2. The van der Waals surface area contributed by atoms with Crippen LogP contribution in [0.4, 0.5) is 5.82 Å². The first-order valence-electron chi connectivity index (χ1n) is 8.78. The summed E-state index contributed by atoms with van der Waals surface area (Å²) in [6.45, 7) is 1.65. The third-order valence-electron chi connectivity index (χ3n) is 4.49. The highest BCUT2D eigenvalue weighted by atomic mass is 16.2. The highest BCUT2D eigenvalue weighted by Crippen LogP contribution is 2.35. The van der Waals surface area contributed by atoms with E-state index in [-0.39, 0.29) is 5.91 Å². The number of nitrogens with one attached hydrogen (secondary N) is 1. The van der Waals surface area contributed by atoms with E-state index in [4.69, 9.17) is 5.73 Å². The number of anilines is 1. The number of hydrogen-bond acceptors (Lipinski definition) is 3. The van der Waals surface area contributed by atoms with Crippen LogP contribution in [0.2, 0.25) is 0 Å². The van der Waals surface area contributed by atoms with Gasteiger partial charge in [-0.05, 0) is 55.4 Å². The summed E-state index contributed by atoms with van der Waals surface area (Å²) < 4.78 is 0. The second-order valence-corrected chi connectivity index (χ2v) is 6.51. The summed E-state index contributed by atoms with van der Waals surface area (Å²) >= 11 is 0. The number of amides is 1. The van der Waals surface area contributed by atoms with Crippen molar-refractivity contribution in [3.05, 3.63) is 59.3 Å². The van der Waals surface area contributed by atoms with Crippen molar-refractivity contribution in [3.63, 3.8) is 0 Å². The monoisotopic (exact) mass is 333 g/mol. The molecule has 4 nitrogen and oxygen atoms in total. The highest BCUT2D eigenvalue weighted by molar-refractivity contribution is 5.93. The van der Waals surface area contributed by atoms with Gasteiger partial charge in [-0.3, -0.25) is 4.79 Å². The number of nitrogens with two attached hydrogens (primary N) is 1. The molecule has 2 aromatic rings. The van der Waals surface area contributed by atoms with Gasteiger partial charge in [0.15, 0.2) is 0 Å². The predicted molar refractivity (Wildman–Crippen MR) is 100 cm³/mol. The van der Waals surface area contributed by atoms with E-state index >= 15 is 0 Å². The van der Waals surface area contributed by atoms with Gasteiger partial charge in [0.1, 0.15) is 11.5 Å². The maximum absolute atomic E-state index is 11.8. The molecular weight excluding hydrogens is 310 g/mol. The molecule has 0 bridgehead atoms. The molecule has 0 saturated heterocycles. The SMILES string of the molecule is CC(N)C(=O)Nc1ccc(C2CCCC2)c(C#Cc2ccccc2)n1. The van der Waals surface area contributed by atoms with Crippen LogP contribution in [0.1, 0.15) is 55.3 Å². The van der Waals surface area contributed by atoms with Gasteiger partial charge in [0.05, 0.1) is 6.04 Å². The van der Waals surface area contributed by atoms with Crippen molar-refractivity contribution in [1.82, 2.24) is 4.98 Å². The Hall–Kier alpha value is -2.64. The van der Waals surface area contributed by atoms with Crippen LogP contribution in [-0.2, 0) is 4.79 Å². The van der Waals surface area contributed by atoms with E-state index in [0.717, 1.165) is 11.3 Å². The predicted octanol–water partition coefficient (Wildman–Crippen LogP) is 3.42. The van der Waals surface area contributed by atoms with Gasteiger partial charge in [-0.1, -0.05) is 43.0 Å². The minimum atomic E-state index is -0.574. The average molecular weight is 333 g/mol. The molecule has 3 rings (SSSR count). The summed E-state index contributed by atoms with van der Waals surface area (Å²) in [5, 5.41) is 2.75. The van der Waals surface area contributed by atoms with Gasteiger partial charge < -0.3 is 11.1 Å². The number of rotatable bonds is 3. The molecule has 1 saturated carbocycles. The van der Waals surface area contributed by atoms with Gasteiger partial charge in [-0.25, -0.2) is 4.98 Å². The van der Waals surface area contributed by atoms with Crippen LogP contribution in [0, 0.1) is 11.8 Å². The Balaban J connectivity index is 1.93. The average Bonchev–Trinajstić information content (AvgIpc) is 3.15. The minimum Gasteiger partial charge on any atom is -0.320 e. The molecule has 1 fully saturated rings. The van der Waals surface area contributed by atoms with Gasteiger partial charge in [-0.2, -0.15) is 0 Å². The van der Waals surface area contributed by atoms with Crippen molar-refractivity contribution in [2.45, 2.75) is 44.6 Å². The summed E-state index contributed by atoms with van der Waals surface area (Å²) in [6, 6.07) is 13.2. The molecule has 1 heterocycles. The summed E-state index contributed by atoms with van der Waals surface area (Å²) in [4.78, 5) is 16.4. The van der Waals surface area contributed by atoms with Crippen LogP contribution in [0.15, 0.2) is 42.5 Å². The topological polar surface area (TPSA) is 68.0 Å². The van der Waals surface area contributed by atoms with Gasteiger partial charge in [0, 0.05) is 5.56 Å². The molecule has 4 heteroatoms. The Labute approximate surface area is 148 Å². The molecular formula is C21H23N3O. The van der Waals surface area contributed by atoms with E-state index in [1.807, 2.05) is 36.4 Å². The van der Waals surface area contributed by atoms with Crippen LogP contribution in [0.3, 0.4) is 0 Å². The fourth-order valence-electron chi connectivity index (χ4n) is 3.10.